The highest BCUT2D eigenvalue weighted by Crippen LogP contribution is 2.21. The van der Waals surface area contributed by atoms with Crippen LogP contribution >= 0.6 is 0 Å². The van der Waals surface area contributed by atoms with E-state index < -0.39 is 0 Å². The molecule has 5 heteroatoms. The number of amides is 3. The minimum absolute atomic E-state index is 0.0568. The number of rotatable bonds is 5. The fraction of sp³-hybridized carbons (Fsp3) is 0.556. The number of likely N-dealkylation sites (tertiary alicyclic amines) is 1. The number of anilines is 1. The van der Waals surface area contributed by atoms with E-state index in [1.165, 1.54) is 0 Å². The van der Waals surface area contributed by atoms with Crippen molar-refractivity contribution in [2.24, 2.45) is 5.92 Å². The first-order valence-electron chi connectivity index (χ1n) is 8.48. The van der Waals surface area contributed by atoms with Crippen LogP contribution < -0.4 is 10.6 Å². The van der Waals surface area contributed by atoms with Gasteiger partial charge in [0.15, 0.2) is 0 Å². The zero-order chi connectivity index (χ0) is 16.7. The van der Waals surface area contributed by atoms with Crippen LogP contribution in [0.5, 0.6) is 0 Å². The molecular formula is C18H27N3O2. The van der Waals surface area contributed by atoms with Gasteiger partial charge in [-0.15, -0.1) is 0 Å². The van der Waals surface area contributed by atoms with Crippen molar-refractivity contribution >= 4 is 17.6 Å². The molecule has 0 bridgehead atoms. The van der Waals surface area contributed by atoms with E-state index in [4.69, 9.17) is 0 Å². The fourth-order valence-electron chi connectivity index (χ4n) is 2.76. The molecule has 3 amide bonds. The number of nitrogens with zero attached hydrogens (tertiary/aromatic N) is 1. The monoisotopic (exact) mass is 317 g/mol. The number of carbonyl (C=O) groups is 2. The summed E-state index contributed by atoms with van der Waals surface area (Å²) in [5.74, 6) is 0.506. The normalized spacial score (nSPS) is 16.7. The maximum Gasteiger partial charge on any atom is 0.321 e. The van der Waals surface area contributed by atoms with Gasteiger partial charge in [0.2, 0.25) is 5.91 Å². The number of para-hydroxylation sites is 1. The van der Waals surface area contributed by atoms with Crippen molar-refractivity contribution in [3.63, 3.8) is 0 Å². The Hall–Kier alpha value is -2.04. The van der Waals surface area contributed by atoms with E-state index in [1.54, 1.807) is 0 Å². The van der Waals surface area contributed by atoms with Gasteiger partial charge in [0.05, 0.1) is 0 Å². The molecule has 2 N–H and O–H groups in total. The fourth-order valence-corrected chi connectivity index (χ4v) is 2.76. The Morgan fingerprint density at radius 3 is 2.48 bits per heavy atom. The highest BCUT2D eigenvalue weighted by atomic mass is 16.2. The van der Waals surface area contributed by atoms with Gasteiger partial charge in [-0.05, 0) is 44.2 Å². The van der Waals surface area contributed by atoms with Crippen molar-refractivity contribution in [3.8, 4) is 0 Å². The Morgan fingerprint density at radius 2 is 1.87 bits per heavy atom. The Balaban J connectivity index is 1.73. The summed E-state index contributed by atoms with van der Waals surface area (Å²) in [6, 6.07) is 9.66. The van der Waals surface area contributed by atoms with E-state index in [-0.39, 0.29) is 18.0 Å². The molecule has 0 aromatic heterocycles. The molecule has 0 radical (unpaired) electrons. The second kappa shape index (κ2) is 8.56. The number of piperidine rings is 1. The topological polar surface area (TPSA) is 61.4 Å². The van der Waals surface area contributed by atoms with Crippen LogP contribution in [0.25, 0.3) is 0 Å². The SMILES string of the molecule is CC[C@@H](C)NC(=O)CC1CCN(C(=O)Nc2ccccc2)CC1. The van der Waals surface area contributed by atoms with Crippen molar-refractivity contribution in [2.45, 2.75) is 45.6 Å². The van der Waals surface area contributed by atoms with Crippen LogP contribution in [0.2, 0.25) is 0 Å². The number of hydrogen-bond acceptors (Lipinski definition) is 2. The molecule has 5 nitrogen and oxygen atoms in total. The molecule has 0 unspecified atom stereocenters. The minimum Gasteiger partial charge on any atom is -0.354 e. The maximum atomic E-state index is 12.2. The Kier molecular flexibility index (Phi) is 6.44. The molecule has 1 aliphatic heterocycles. The number of hydrogen-bond donors (Lipinski definition) is 2. The third kappa shape index (κ3) is 5.58. The zero-order valence-electron chi connectivity index (χ0n) is 14.0. The van der Waals surface area contributed by atoms with Crippen LogP contribution in [0.4, 0.5) is 10.5 Å². The van der Waals surface area contributed by atoms with Gasteiger partial charge in [-0.2, -0.15) is 0 Å². The smallest absolute Gasteiger partial charge is 0.321 e. The van der Waals surface area contributed by atoms with Gasteiger partial charge in [0.1, 0.15) is 0 Å². The highest BCUT2D eigenvalue weighted by molar-refractivity contribution is 5.89. The lowest BCUT2D eigenvalue weighted by Crippen LogP contribution is -2.42. The van der Waals surface area contributed by atoms with Crippen molar-refractivity contribution < 1.29 is 9.59 Å². The molecule has 126 valence electrons. The summed E-state index contributed by atoms with van der Waals surface area (Å²) in [6.07, 6.45) is 3.29. The van der Waals surface area contributed by atoms with Gasteiger partial charge < -0.3 is 15.5 Å². The summed E-state index contributed by atoms with van der Waals surface area (Å²) >= 11 is 0. The summed E-state index contributed by atoms with van der Waals surface area (Å²) in [4.78, 5) is 26.0. The third-order valence-corrected chi connectivity index (χ3v) is 4.42. The van der Waals surface area contributed by atoms with Crippen LogP contribution in [-0.2, 0) is 4.79 Å². The molecule has 1 saturated heterocycles. The average Bonchev–Trinajstić information content (AvgIpc) is 2.56. The summed E-state index contributed by atoms with van der Waals surface area (Å²) in [5, 5.41) is 5.92. The zero-order valence-corrected chi connectivity index (χ0v) is 14.0. The van der Waals surface area contributed by atoms with Gasteiger partial charge in [0.25, 0.3) is 0 Å². The quantitative estimate of drug-likeness (QED) is 0.876. The van der Waals surface area contributed by atoms with Crippen molar-refractivity contribution in [1.29, 1.82) is 0 Å². The van der Waals surface area contributed by atoms with E-state index in [0.717, 1.165) is 24.9 Å². The Labute approximate surface area is 138 Å². The predicted octanol–water partition coefficient (Wildman–Crippen LogP) is 3.24. The predicted molar refractivity (Wildman–Crippen MR) is 92.3 cm³/mol. The lowest BCUT2D eigenvalue weighted by molar-refractivity contribution is -0.122. The molecule has 1 heterocycles. The van der Waals surface area contributed by atoms with Crippen LogP contribution in [0.3, 0.4) is 0 Å². The average molecular weight is 317 g/mol. The lowest BCUT2D eigenvalue weighted by atomic mass is 9.93. The molecule has 0 spiro atoms. The minimum atomic E-state index is -0.0568. The molecule has 0 aliphatic carbocycles. The molecule has 23 heavy (non-hydrogen) atoms. The highest BCUT2D eigenvalue weighted by Gasteiger charge is 2.24. The van der Waals surface area contributed by atoms with E-state index in [9.17, 15) is 9.59 Å². The van der Waals surface area contributed by atoms with E-state index >= 15 is 0 Å². The maximum absolute atomic E-state index is 12.2. The van der Waals surface area contributed by atoms with Gasteiger partial charge >= 0.3 is 6.03 Å². The first kappa shape index (κ1) is 17.3. The van der Waals surface area contributed by atoms with Gasteiger partial charge in [-0.3, -0.25) is 4.79 Å². The molecule has 1 aromatic rings. The number of nitrogens with one attached hydrogen (secondary N) is 2. The molecule has 1 atom stereocenters. The Morgan fingerprint density at radius 1 is 1.22 bits per heavy atom. The lowest BCUT2D eigenvalue weighted by Gasteiger charge is -2.32. The van der Waals surface area contributed by atoms with Crippen molar-refractivity contribution in [1.82, 2.24) is 10.2 Å². The summed E-state index contributed by atoms with van der Waals surface area (Å²) in [7, 11) is 0. The van der Waals surface area contributed by atoms with Gasteiger partial charge in [-0.1, -0.05) is 25.1 Å². The second-order valence-corrected chi connectivity index (χ2v) is 6.31. The standard InChI is InChI=1S/C18H27N3O2/c1-3-14(2)19-17(22)13-15-9-11-21(12-10-15)18(23)20-16-7-5-4-6-8-16/h4-8,14-15H,3,9-13H2,1-2H3,(H,19,22)(H,20,23)/t14-/m1/s1. The summed E-state index contributed by atoms with van der Waals surface area (Å²) in [6.45, 7) is 5.50. The number of benzene rings is 1. The van der Waals surface area contributed by atoms with Crippen LogP contribution in [0.1, 0.15) is 39.5 Å². The molecular weight excluding hydrogens is 290 g/mol. The van der Waals surface area contributed by atoms with Crippen LogP contribution in [0.15, 0.2) is 30.3 Å². The van der Waals surface area contributed by atoms with E-state index in [2.05, 4.69) is 17.6 Å². The number of urea groups is 1. The number of carbonyl (C=O) groups excluding carboxylic acids is 2. The first-order valence-corrected chi connectivity index (χ1v) is 8.48. The van der Waals surface area contributed by atoms with Crippen LogP contribution in [-0.4, -0.2) is 36.0 Å². The van der Waals surface area contributed by atoms with Gasteiger partial charge in [-0.25, -0.2) is 4.79 Å². The summed E-state index contributed by atoms with van der Waals surface area (Å²) in [5.41, 5.74) is 0.813. The second-order valence-electron chi connectivity index (χ2n) is 6.31. The molecule has 1 fully saturated rings. The van der Waals surface area contributed by atoms with Crippen molar-refractivity contribution in [2.75, 3.05) is 18.4 Å². The first-order chi connectivity index (χ1) is 11.1. The molecule has 2 rings (SSSR count). The summed E-state index contributed by atoms with van der Waals surface area (Å²) < 4.78 is 0. The largest absolute Gasteiger partial charge is 0.354 e. The van der Waals surface area contributed by atoms with E-state index in [0.29, 0.717) is 25.4 Å². The Bertz CT molecular complexity index is 510. The molecule has 0 saturated carbocycles. The molecule has 1 aliphatic rings. The van der Waals surface area contributed by atoms with Crippen LogP contribution in [0, 0.1) is 5.92 Å². The molecule has 1 aromatic carbocycles. The van der Waals surface area contributed by atoms with Crippen molar-refractivity contribution in [3.05, 3.63) is 30.3 Å². The third-order valence-electron chi connectivity index (χ3n) is 4.42. The van der Waals surface area contributed by atoms with E-state index in [1.807, 2.05) is 42.2 Å². The van der Waals surface area contributed by atoms with Gasteiger partial charge in [0, 0.05) is 31.2 Å².